The average Bonchev–Trinajstić information content (AvgIpc) is 3.07. The summed E-state index contributed by atoms with van der Waals surface area (Å²) >= 11 is 1.69. The first-order valence-corrected chi connectivity index (χ1v) is 9.41. The van der Waals surface area contributed by atoms with Crippen LogP contribution < -0.4 is 0 Å². The Morgan fingerprint density at radius 1 is 1.24 bits per heavy atom. The van der Waals surface area contributed by atoms with Crippen LogP contribution in [-0.4, -0.2) is 32.4 Å². The summed E-state index contributed by atoms with van der Waals surface area (Å²) in [6.07, 6.45) is 2.06. The first kappa shape index (κ1) is 14.3. The molecule has 0 aliphatic carbocycles. The Labute approximate surface area is 128 Å². The highest BCUT2D eigenvalue weighted by molar-refractivity contribution is 7.90. The first-order valence-electron chi connectivity index (χ1n) is 6.58. The van der Waals surface area contributed by atoms with E-state index in [0.29, 0.717) is 4.90 Å². The van der Waals surface area contributed by atoms with Gasteiger partial charge in [0.05, 0.1) is 16.6 Å². The minimum Gasteiger partial charge on any atom is -0.292 e. The molecule has 1 aliphatic heterocycles. The molecule has 0 radical (unpaired) electrons. The van der Waals surface area contributed by atoms with Gasteiger partial charge < -0.3 is 0 Å². The van der Waals surface area contributed by atoms with E-state index in [4.69, 9.17) is 0 Å². The Kier molecular flexibility index (Phi) is 3.59. The van der Waals surface area contributed by atoms with Crippen LogP contribution in [-0.2, 0) is 9.84 Å². The van der Waals surface area contributed by atoms with Crippen molar-refractivity contribution in [3.05, 3.63) is 52.2 Å². The van der Waals surface area contributed by atoms with Crippen molar-refractivity contribution in [3.8, 4) is 0 Å². The van der Waals surface area contributed by atoms with Crippen molar-refractivity contribution in [2.45, 2.75) is 17.4 Å². The summed E-state index contributed by atoms with van der Waals surface area (Å²) < 4.78 is 23.0. The first-order chi connectivity index (χ1) is 9.95. The van der Waals surface area contributed by atoms with E-state index < -0.39 is 9.84 Å². The molecule has 6 heteroatoms. The molecule has 1 aliphatic rings. The fourth-order valence-electron chi connectivity index (χ4n) is 2.48. The van der Waals surface area contributed by atoms with Crippen molar-refractivity contribution in [3.63, 3.8) is 0 Å². The maximum Gasteiger partial charge on any atom is 0.175 e. The normalized spacial score (nSPS) is 18.9. The van der Waals surface area contributed by atoms with E-state index in [9.17, 15) is 8.42 Å². The number of hydrogen-bond donors (Lipinski definition) is 0. The highest BCUT2D eigenvalue weighted by Crippen LogP contribution is 2.32. The largest absolute Gasteiger partial charge is 0.292 e. The molecule has 0 saturated carbocycles. The molecule has 110 valence electrons. The van der Waals surface area contributed by atoms with Gasteiger partial charge in [-0.25, -0.2) is 8.42 Å². The summed E-state index contributed by atoms with van der Waals surface area (Å²) in [5.74, 6) is 0. The average molecular weight is 320 g/mol. The maximum atomic E-state index is 11.5. The van der Waals surface area contributed by atoms with Crippen molar-refractivity contribution in [1.82, 2.24) is 5.01 Å². The van der Waals surface area contributed by atoms with E-state index in [1.54, 1.807) is 23.5 Å². The van der Waals surface area contributed by atoms with Gasteiger partial charge in [-0.15, -0.1) is 0 Å². The van der Waals surface area contributed by atoms with Gasteiger partial charge in [-0.2, -0.15) is 16.4 Å². The van der Waals surface area contributed by atoms with Crippen LogP contribution in [0, 0.1) is 0 Å². The van der Waals surface area contributed by atoms with Crippen LogP contribution in [0.15, 0.2) is 51.1 Å². The van der Waals surface area contributed by atoms with Crippen LogP contribution in [0.5, 0.6) is 0 Å². The topological polar surface area (TPSA) is 49.7 Å². The van der Waals surface area contributed by atoms with E-state index >= 15 is 0 Å². The molecule has 0 bridgehead atoms. The molecule has 1 aromatic heterocycles. The van der Waals surface area contributed by atoms with E-state index in [1.165, 1.54) is 11.8 Å². The number of benzene rings is 1. The monoisotopic (exact) mass is 320 g/mol. The lowest BCUT2D eigenvalue weighted by Crippen LogP contribution is -2.12. The molecular weight excluding hydrogens is 304 g/mol. The van der Waals surface area contributed by atoms with Crippen LogP contribution >= 0.6 is 11.3 Å². The van der Waals surface area contributed by atoms with Gasteiger partial charge >= 0.3 is 0 Å². The van der Waals surface area contributed by atoms with Crippen LogP contribution in [0.3, 0.4) is 0 Å². The number of sulfone groups is 1. The molecule has 0 fully saturated rings. The lowest BCUT2D eigenvalue weighted by atomic mass is 10.0. The van der Waals surface area contributed by atoms with Crippen molar-refractivity contribution in [1.29, 1.82) is 0 Å². The molecule has 2 heterocycles. The Morgan fingerprint density at radius 2 is 1.95 bits per heavy atom. The molecular formula is C15H16N2O2S2. The maximum absolute atomic E-state index is 11.5. The van der Waals surface area contributed by atoms with Gasteiger partial charge in [0.15, 0.2) is 9.84 Å². The van der Waals surface area contributed by atoms with Crippen molar-refractivity contribution < 1.29 is 8.42 Å². The Morgan fingerprint density at radius 3 is 2.52 bits per heavy atom. The molecule has 3 rings (SSSR count). The molecule has 0 spiro atoms. The third-order valence-electron chi connectivity index (χ3n) is 3.66. The quantitative estimate of drug-likeness (QED) is 0.873. The van der Waals surface area contributed by atoms with Gasteiger partial charge in [0, 0.05) is 19.7 Å². The third kappa shape index (κ3) is 2.87. The van der Waals surface area contributed by atoms with Gasteiger partial charge in [0.25, 0.3) is 0 Å². The van der Waals surface area contributed by atoms with Crippen molar-refractivity contribution in [2.24, 2.45) is 5.10 Å². The molecule has 4 nitrogen and oxygen atoms in total. The summed E-state index contributed by atoms with van der Waals surface area (Å²) in [4.78, 5) is 0.340. The Hall–Kier alpha value is -1.66. The predicted octanol–water partition coefficient (Wildman–Crippen LogP) is 2.93. The van der Waals surface area contributed by atoms with E-state index in [1.807, 2.05) is 24.2 Å². The van der Waals surface area contributed by atoms with Gasteiger partial charge in [-0.05, 0) is 40.1 Å². The summed E-state index contributed by atoms with van der Waals surface area (Å²) in [6, 6.07) is 9.34. The number of nitrogens with zero attached hydrogens (tertiary/aromatic N) is 2. The Balaban J connectivity index is 1.84. The second-order valence-electron chi connectivity index (χ2n) is 5.19. The smallest absolute Gasteiger partial charge is 0.175 e. The second-order valence-corrected chi connectivity index (χ2v) is 7.99. The zero-order valence-electron chi connectivity index (χ0n) is 11.9. The van der Waals surface area contributed by atoms with Gasteiger partial charge in [-0.3, -0.25) is 5.01 Å². The van der Waals surface area contributed by atoms with Crippen molar-refractivity contribution in [2.75, 3.05) is 13.3 Å². The zero-order chi connectivity index (χ0) is 15.0. The lowest BCUT2D eigenvalue weighted by molar-refractivity contribution is 0.290. The molecule has 2 aromatic rings. The number of thiophene rings is 1. The van der Waals surface area contributed by atoms with Crippen LogP contribution in [0.1, 0.15) is 23.6 Å². The number of hydrazone groups is 1. The highest BCUT2D eigenvalue weighted by Gasteiger charge is 2.26. The SMILES string of the molecule is CN1N=C(c2ccc(S(C)(=O)=O)cc2)C[C@H]1c1ccsc1. The number of rotatable bonds is 3. The fourth-order valence-corrected chi connectivity index (χ4v) is 3.82. The summed E-state index contributed by atoms with van der Waals surface area (Å²) in [5.41, 5.74) is 3.25. The van der Waals surface area contributed by atoms with E-state index in [0.717, 1.165) is 17.7 Å². The second kappa shape index (κ2) is 5.27. The molecule has 0 saturated heterocycles. The third-order valence-corrected chi connectivity index (χ3v) is 5.49. The standard InChI is InChI=1S/C15H16N2O2S2/c1-17-15(12-7-8-20-10-12)9-14(16-17)11-3-5-13(6-4-11)21(2,18)19/h3-8,10,15H,9H2,1-2H3/t15-/m0/s1. The van der Waals surface area contributed by atoms with Gasteiger partial charge in [-0.1, -0.05) is 12.1 Å². The van der Waals surface area contributed by atoms with E-state index in [-0.39, 0.29) is 6.04 Å². The van der Waals surface area contributed by atoms with Gasteiger partial charge in [0.1, 0.15) is 0 Å². The van der Waals surface area contributed by atoms with E-state index in [2.05, 4.69) is 21.9 Å². The van der Waals surface area contributed by atoms with Crippen LogP contribution in [0.2, 0.25) is 0 Å². The van der Waals surface area contributed by atoms with Crippen LogP contribution in [0.4, 0.5) is 0 Å². The fraction of sp³-hybridized carbons (Fsp3) is 0.267. The summed E-state index contributed by atoms with van der Waals surface area (Å²) in [7, 11) is -1.18. The summed E-state index contributed by atoms with van der Waals surface area (Å²) in [5, 5.41) is 10.8. The summed E-state index contributed by atoms with van der Waals surface area (Å²) in [6.45, 7) is 0. The molecule has 1 atom stereocenters. The minimum absolute atomic E-state index is 0.265. The Bertz CT molecular complexity index is 763. The zero-order valence-corrected chi connectivity index (χ0v) is 13.5. The molecule has 0 unspecified atom stereocenters. The van der Waals surface area contributed by atoms with Crippen LogP contribution in [0.25, 0.3) is 0 Å². The molecule has 0 amide bonds. The van der Waals surface area contributed by atoms with Crippen molar-refractivity contribution >= 4 is 26.9 Å². The minimum atomic E-state index is -3.15. The molecule has 1 aromatic carbocycles. The lowest BCUT2D eigenvalue weighted by Gasteiger charge is -2.17. The number of hydrogen-bond acceptors (Lipinski definition) is 5. The van der Waals surface area contributed by atoms with Gasteiger partial charge in [0.2, 0.25) is 0 Å². The molecule has 21 heavy (non-hydrogen) atoms. The molecule has 0 N–H and O–H groups in total. The highest BCUT2D eigenvalue weighted by atomic mass is 32.2. The predicted molar refractivity (Wildman–Crippen MR) is 85.5 cm³/mol.